The first kappa shape index (κ1) is 23.2. The zero-order valence-electron chi connectivity index (χ0n) is 20.2. The van der Waals surface area contributed by atoms with Crippen molar-refractivity contribution in [2.75, 3.05) is 13.2 Å². The summed E-state index contributed by atoms with van der Waals surface area (Å²) in [6.45, 7) is 3.06. The number of carbonyl (C=O) groups is 1. The van der Waals surface area contributed by atoms with Crippen LogP contribution >= 0.6 is 0 Å². The summed E-state index contributed by atoms with van der Waals surface area (Å²) >= 11 is 0. The van der Waals surface area contributed by atoms with Gasteiger partial charge in [0.1, 0.15) is 11.3 Å². The molecule has 0 bridgehead atoms. The molecular formula is C28H29F2N3O3. The lowest BCUT2D eigenvalue weighted by Crippen LogP contribution is -2.32. The molecule has 1 saturated carbocycles. The molecule has 0 amide bonds. The number of aromatic amines is 1. The number of hydrogen-bond donors (Lipinski definition) is 2. The quantitative estimate of drug-likeness (QED) is 0.343. The van der Waals surface area contributed by atoms with E-state index in [9.17, 15) is 14.3 Å². The van der Waals surface area contributed by atoms with E-state index >= 15 is 4.39 Å². The summed E-state index contributed by atoms with van der Waals surface area (Å²) in [6, 6.07) is 8.29. The fourth-order valence-corrected chi connectivity index (χ4v) is 6.26. The van der Waals surface area contributed by atoms with Gasteiger partial charge in [-0.3, -0.25) is 9.89 Å². The number of aliphatic carboxylic acids is 1. The Morgan fingerprint density at radius 1 is 1.11 bits per heavy atom. The molecule has 0 radical (unpaired) electrons. The van der Waals surface area contributed by atoms with Crippen molar-refractivity contribution in [3.8, 4) is 5.69 Å². The summed E-state index contributed by atoms with van der Waals surface area (Å²) in [5, 5.41) is 17.9. The van der Waals surface area contributed by atoms with E-state index < -0.39 is 11.4 Å². The number of H-pyrrole nitrogens is 1. The highest BCUT2D eigenvalue weighted by Crippen LogP contribution is 2.50. The molecule has 2 aromatic heterocycles. The fraction of sp³-hybridized carbons (Fsp3) is 0.429. The molecule has 1 saturated heterocycles. The second kappa shape index (κ2) is 8.69. The van der Waals surface area contributed by atoms with Gasteiger partial charge in [0.15, 0.2) is 5.82 Å². The predicted molar refractivity (Wildman–Crippen MR) is 133 cm³/mol. The van der Waals surface area contributed by atoms with Gasteiger partial charge in [0.25, 0.3) is 0 Å². The molecule has 0 atom stereocenters. The number of nitrogens with one attached hydrogen (secondary N) is 1. The van der Waals surface area contributed by atoms with Gasteiger partial charge < -0.3 is 14.4 Å². The molecule has 2 fully saturated rings. The van der Waals surface area contributed by atoms with E-state index in [4.69, 9.17) is 4.74 Å². The summed E-state index contributed by atoms with van der Waals surface area (Å²) in [5.74, 6) is -1.27. The van der Waals surface area contributed by atoms with E-state index in [0.29, 0.717) is 55.2 Å². The van der Waals surface area contributed by atoms with Crippen molar-refractivity contribution in [3.05, 3.63) is 59.4 Å². The SMILES string of the molecule is CC1(C(=O)O)CCC(c2c(C3CCOCC3)n(-c3ccc(F)cc3)c3cc4cn[nH]c4c(F)c23)CC1. The number of ether oxygens (including phenoxy) is 1. The Morgan fingerprint density at radius 3 is 2.47 bits per heavy atom. The van der Waals surface area contributed by atoms with Crippen LogP contribution in [0.2, 0.25) is 0 Å². The average Bonchev–Trinajstić information content (AvgIpc) is 3.49. The number of halogens is 2. The number of rotatable bonds is 4. The molecule has 2 N–H and O–H groups in total. The molecule has 8 heteroatoms. The molecule has 1 aliphatic carbocycles. The summed E-state index contributed by atoms with van der Waals surface area (Å²) in [6.07, 6.45) is 5.65. The van der Waals surface area contributed by atoms with Crippen LogP contribution in [-0.4, -0.2) is 39.1 Å². The third kappa shape index (κ3) is 3.61. The van der Waals surface area contributed by atoms with Crippen LogP contribution < -0.4 is 0 Å². The van der Waals surface area contributed by atoms with E-state index in [-0.39, 0.29) is 23.5 Å². The zero-order chi connectivity index (χ0) is 25.0. The molecular weight excluding hydrogens is 464 g/mol. The molecule has 0 unspecified atom stereocenters. The Hall–Kier alpha value is -3.26. The first-order valence-electron chi connectivity index (χ1n) is 12.6. The van der Waals surface area contributed by atoms with Crippen molar-refractivity contribution >= 4 is 27.8 Å². The lowest BCUT2D eigenvalue weighted by molar-refractivity contribution is -0.149. The van der Waals surface area contributed by atoms with E-state index in [1.807, 2.05) is 6.07 Å². The number of benzene rings is 2. The molecule has 2 aromatic carbocycles. The second-order valence-corrected chi connectivity index (χ2v) is 10.6. The van der Waals surface area contributed by atoms with Gasteiger partial charge in [-0.2, -0.15) is 5.10 Å². The lowest BCUT2D eigenvalue weighted by atomic mass is 9.69. The van der Waals surface area contributed by atoms with Crippen LogP contribution in [0.3, 0.4) is 0 Å². The van der Waals surface area contributed by atoms with Gasteiger partial charge in [0.05, 0.1) is 17.1 Å². The van der Waals surface area contributed by atoms with E-state index in [1.54, 1.807) is 25.3 Å². The van der Waals surface area contributed by atoms with Crippen LogP contribution in [0.25, 0.3) is 27.5 Å². The van der Waals surface area contributed by atoms with Crippen molar-refractivity contribution in [1.29, 1.82) is 0 Å². The fourth-order valence-electron chi connectivity index (χ4n) is 6.26. The van der Waals surface area contributed by atoms with Gasteiger partial charge in [-0.05, 0) is 87.3 Å². The summed E-state index contributed by atoms with van der Waals surface area (Å²) in [7, 11) is 0. The molecule has 188 valence electrons. The number of fused-ring (bicyclic) bond motifs is 2. The van der Waals surface area contributed by atoms with Crippen LogP contribution in [-0.2, 0) is 9.53 Å². The predicted octanol–water partition coefficient (Wildman–Crippen LogP) is 6.43. The minimum atomic E-state index is -0.773. The maximum Gasteiger partial charge on any atom is 0.309 e. The molecule has 0 spiro atoms. The number of aromatic nitrogens is 3. The van der Waals surface area contributed by atoms with Crippen LogP contribution in [0, 0.1) is 17.0 Å². The maximum absolute atomic E-state index is 16.3. The van der Waals surface area contributed by atoms with Crippen molar-refractivity contribution in [1.82, 2.24) is 14.8 Å². The Morgan fingerprint density at radius 2 is 1.81 bits per heavy atom. The number of carboxylic acids is 1. The van der Waals surface area contributed by atoms with Crippen molar-refractivity contribution in [2.24, 2.45) is 5.41 Å². The summed E-state index contributed by atoms with van der Waals surface area (Å²) in [4.78, 5) is 11.9. The Balaban J connectivity index is 1.64. The molecule has 1 aliphatic heterocycles. The van der Waals surface area contributed by atoms with Gasteiger partial charge in [0, 0.05) is 41.3 Å². The minimum Gasteiger partial charge on any atom is -0.481 e. The Kier molecular flexibility index (Phi) is 5.59. The zero-order valence-corrected chi connectivity index (χ0v) is 20.2. The van der Waals surface area contributed by atoms with E-state index in [1.165, 1.54) is 12.1 Å². The normalized spacial score (nSPS) is 23.5. The van der Waals surface area contributed by atoms with Gasteiger partial charge in [-0.1, -0.05) is 0 Å². The number of carboxylic acid groups (broad SMARTS) is 1. The highest BCUT2D eigenvalue weighted by Gasteiger charge is 2.41. The third-order valence-corrected chi connectivity index (χ3v) is 8.39. The Bertz CT molecular complexity index is 1440. The monoisotopic (exact) mass is 493 g/mol. The van der Waals surface area contributed by atoms with E-state index in [2.05, 4.69) is 14.8 Å². The van der Waals surface area contributed by atoms with Crippen molar-refractivity contribution in [3.63, 3.8) is 0 Å². The van der Waals surface area contributed by atoms with Crippen LogP contribution in [0.15, 0.2) is 36.5 Å². The Labute approximate surface area is 207 Å². The largest absolute Gasteiger partial charge is 0.481 e. The molecule has 6 nitrogen and oxygen atoms in total. The molecule has 2 aliphatic rings. The van der Waals surface area contributed by atoms with Gasteiger partial charge in [-0.25, -0.2) is 8.78 Å². The van der Waals surface area contributed by atoms with Crippen LogP contribution in [0.4, 0.5) is 8.78 Å². The smallest absolute Gasteiger partial charge is 0.309 e. The highest BCUT2D eigenvalue weighted by molar-refractivity contribution is 6.00. The van der Waals surface area contributed by atoms with Gasteiger partial charge in [-0.15, -0.1) is 0 Å². The van der Waals surface area contributed by atoms with Crippen molar-refractivity contribution < 1.29 is 23.4 Å². The maximum atomic E-state index is 16.3. The molecule has 4 aromatic rings. The van der Waals surface area contributed by atoms with Gasteiger partial charge >= 0.3 is 5.97 Å². The topological polar surface area (TPSA) is 80.1 Å². The van der Waals surface area contributed by atoms with Crippen LogP contribution in [0.1, 0.15) is 68.5 Å². The first-order valence-corrected chi connectivity index (χ1v) is 12.6. The van der Waals surface area contributed by atoms with E-state index in [0.717, 1.165) is 35.3 Å². The number of hydrogen-bond acceptors (Lipinski definition) is 3. The summed E-state index contributed by atoms with van der Waals surface area (Å²) < 4.78 is 37.9. The first-order chi connectivity index (χ1) is 17.4. The molecule has 6 rings (SSSR count). The number of nitrogens with zero attached hydrogens (tertiary/aromatic N) is 2. The minimum absolute atomic E-state index is 0.0225. The molecule has 36 heavy (non-hydrogen) atoms. The second-order valence-electron chi connectivity index (χ2n) is 10.6. The average molecular weight is 494 g/mol. The standard InChI is InChI=1S/C28H29F2N3O3/c1-28(27(34)35)10-6-16(7-11-28)22-23-21(14-18-15-31-32-25(18)24(23)30)33(20-4-2-19(29)3-5-20)26(22)17-8-12-36-13-9-17/h2-5,14-17H,6-13H2,1H3,(H,31,32)(H,34,35). The highest BCUT2D eigenvalue weighted by atomic mass is 19.1. The van der Waals surface area contributed by atoms with Crippen molar-refractivity contribution in [2.45, 2.75) is 57.3 Å². The molecule has 3 heterocycles. The van der Waals surface area contributed by atoms with Crippen LogP contribution in [0.5, 0.6) is 0 Å². The lowest BCUT2D eigenvalue weighted by Gasteiger charge is -2.35. The third-order valence-electron chi connectivity index (χ3n) is 8.39. The summed E-state index contributed by atoms with van der Waals surface area (Å²) in [5.41, 5.74) is 3.12. The van der Waals surface area contributed by atoms with Gasteiger partial charge in [0.2, 0.25) is 0 Å².